The van der Waals surface area contributed by atoms with Crippen molar-refractivity contribution in [3.8, 4) is 20.9 Å². The van der Waals surface area contributed by atoms with E-state index in [2.05, 4.69) is 46.6 Å². The van der Waals surface area contributed by atoms with Crippen LogP contribution >= 0.6 is 22.7 Å². The summed E-state index contributed by atoms with van der Waals surface area (Å²) < 4.78 is 92.1. The average Bonchev–Trinajstić information content (AvgIpc) is 3.71. The molecule has 0 radical (unpaired) electrons. The van der Waals surface area contributed by atoms with Crippen LogP contribution in [0.5, 0.6) is 0 Å². The van der Waals surface area contributed by atoms with E-state index >= 15 is 0 Å². The van der Waals surface area contributed by atoms with Crippen molar-refractivity contribution in [3.63, 3.8) is 0 Å². The van der Waals surface area contributed by atoms with Crippen molar-refractivity contribution in [1.82, 2.24) is 41.0 Å². The van der Waals surface area contributed by atoms with Crippen LogP contribution in [-0.4, -0.2) is 90.6 Å². The van der Waals surface area contributed by atoms with Crippen molar-refractivity contribution >= 4 is 78.9 Å². The number of hydrogen-bond acceptors (Lipinski definition) is 15. The zero-order valence-electron chi connectivity index (χ0n) is 41.2. The topological polar surface area (TPSA) is 241 Å². The van der Waals surface area contributed by atoms with Gasteiger partial charge in [-0.05, 0) is 127 Å². The lowest BCUT2D eigenvalue weighted by molar-refractivity contribution is -0.0435. The number of thiazole rings is 2. The number of aromatic amines is 2. The largest absolute Gasteiger partial charge is 0.611 e. The highest BCUT2D eigenvalue weighted by atomic mass is 32.2. The van der Waals surface area contributed by atoms with Gasteiger partial charge in [0.15, 0.2) is 16.5 Å². The predicted molar refractivity (Wildman–Crippen MR) is 278 cm³/mol. The van der Waals surface area contributed by atoms with Crippen LogP contribution < -0.4 is 21.3 Å². The Bertz CT molecular complexity index is 3030. The first kappa shape index (κ1) is 53.1. The molecule has 17 nitrogen and oxygen atoms in total. The van der Waals surface area contributed by atoms with E-state index in [1.54, 1.807) is 24.3 Å². The highest BCUT2D eigenvalue weighted by Crippen LogP contribution is 2.45. The number of sulfone groups is 1. The molecule has 74 heavy (non-hydrogen) atoms. The van der Waals surface area contributed by atoms with Gasteiger partial charge in [-0.15, -0.1) is 22.7 Å². The molecule has 396 valence electrons. The molecule has 4 aromatic heterocycles. The molecule has 6 N–H and O–H groups in total. The van der Waals surface area contributed by atoms with E-state index in [0.29, 0.717) is 71.7 Å². The summed E-state index contributed by atoms with van der Waals surface area (Å²) in [4.78, 5) is 35.6. The quantitative estimate of drug-likeness (QED) is 0.0440. The van der Waals surface area contributed by atoms with E-state index in [4.69, 9.17) is 14.5 Å². The number of alkyl halides is 3. The number of halogens is 3. The Hall–Kier alpha value is -5.69. The normalized spacial score (nSPS) is 20.2. The first-order valence-electron chi connectivity index (χ1n) is 24.8. The zero-order chi connectivity index (χ0) is 52.3. The standard InChI is InChI=1S/C50H59F3N10O7S4/c1-27(2)69-48(64)58-32-11-6-30(7-12-32)46-54-25-40(71-46)38-19-15-34(22-42(38)73(66)37-17-18-37)56-45-24-36(61-63-45)10-5-29(4)70-49(65)59-33-13-8-31(9-14-33)47-55-26-41(72-47)39-20-16-35(57-44-21-28(3)60-62-44)23-43(39)74(67,68)50(51,52)53/h15-16,19-27,29-33,37H,5-14,17-18H2,1-4H3,(H,58,64)(H,59,65)(H2,56,61,63)(H2,57,60,62)/t29?,30-,31?,32-,33?,73?. The summed E-state index contributed by atoms with van der Waals surface area (Å²) in [5.41, 5.74) is -2.26. The van der Waals surface area contributed by atoms with Gasteiger partial charge in [-0.25, -0.2) is 28.0 Å². The summed E-state index contributed by atoms with van der Waals surface area (Å²) in [5.74, 6) is 1.19. The molecule has 9 rings (SSSR count). The van der Waals surface area contributed by atoms with Gasteiger partial charge in [0.1, 0.15) is 11.4 Å². The highest BCUT2D eigenvalue weighted by Gasteiger charge is 2.48. The monoisotopic (exact) mass is 1100 g/mol. The van der Waals surface area contributed by atoms with Gasteiger partial charge in [0.2, 0.25) is 0 Å². The molecule has 0 spiro atoms. The maximum atomic E-state index is 13.9. The molecule has 0 saturated heterocycles. The van der Waals surface area contributed by atoms with Crippen LogP contribution in [0.4, 0.5) is 45.8 Å². The van der Waals surface area contributed by atoms with Crippen LogP contribution in [0.3, 0.4) is 0 Å². The number of nitrogens with one attached hydrogen (secondary N) is 6. The Morgan fingerprint density at radius 2 is 1.30 bits per heavy atom. The Morgan fingerprint density at radius 1 is 0.757 bits per heavy atom. The molecule has 2 amide bonds. The molecule has 3 saturated carbocycles. The lowest BCUT2D eigenvalue weighted by Gasteiger charge is -2.28. The predicted octanol–water partition coefficient (Wildman–Crippen LogP) is 11.7. The van der Waals surface area contributed by atoms with Gasteiger partial charge in [0.25, 0.3) is 9.84 Å². The lowest BCUT2D eigenvalue weighted by atomic mass is 9.86. The number of anilines is 4. The number of ether oxygens (including phenoxy) is 2. The number of nitrogens with zero attached hydrogens (tertiary/aromatic N) is 4. The molecule has 0 aliphatic heterocycles. The fourth-order valence-corrected chi connectivity index (χ4v) is 14.2. The summed E-state index contributed by atoms with van der Waals surface area (Å²) in [6.45, 7) is 7.24. The van der Waals surface area contributed by atoms with Crippen LogP contribution in [0.25, 0.3) is 20.9 Å². The summed E-state index contributed by atoms with van der Waals surface area (Å²) in [6, 6.07) is 13.2. The third-order valence-corrected chi connectivity index (χ3v) is 19.1. The second kappa shape index (κ2) is 22.7. The van der Waals surface area contributed by atoms with Crippen LogP contribution in [0, 0.1) is 6.92 Å². The number of hydrogen-bond donors (Lipinski definition) is 6. The first-order chi connectivity index (χ1) is 35.3. The Balaban J connectivity index is 0.737. The van der Waals surface area contributed by atoms with Crippen LogP contribution in [-0.2, 0) is 36.9 Å². The van der Waals surface area contributed by atoms with Crippen molar-refractivity contribution in [2.24, 2.45) is 0 Å². The highest BCUT2D eigenvalue weighted by molar-refractivity contribution is 7.92. The van der Waals surface area contributed by atoms with Crippen molar-refractivity contribution in [2.45, 2.75) is 161 Å². The maximum absolute atomic E-state index is 13.9. The summed E-state index contributed by atoms with van der Waals surface area (Å²) in [6.07, 6.45) is 10.9. The number of aryl methyl sites for hydroxylation is 2. The van der Waals surface area contributed by atoms with Crippen molar-refractivity contribution < 1.29 is 45.2 Å². The van der Waals surface area contributed by atoms with Crippen LogP contribution in [0.1, 0.15) is 125 Å². The van der Waals surface area contributed by atoms with Gasteiger partial charge < -0.3 is 35.3 Å². The number of aromatic nitrogens is 6. The number of benzene rings is 2. The van der Waals surface area contributed by atoms with E-state index in [1.807, 2.05) is 51.2 Å². The molecule has 2 atom stereocenters. The number of H-pyrrole nitrogens is 2. The number of carbonyl (C=O) groups excluding carboxylic acids is 2. The molecule has 2 aromatic carbocycles. The van der Waals surface area contributed by atoms with E-state index in [9.17, 15) is 35.7 Å². The zero-order valence-corrected chi connectivity index (χ0v) is 44.5. The Kier molecular flexibility index (Phi) is 16.3. The van der Waals surface area contributed by atoms with Gasteiger partial charge in [-0.1, -0.05) is 6.07 Å². The van der Waals surface area contributed by atoms with Gasteiger partial charge in [0.05, 0.1) is 30.8 Å². The molecule has 0 bridgehead atoms. The molecular weight excluding hydrogens is 1040 g/mol. The smallest absolute Gasteiger partial charge is 0.501 e. The third-order valence-electron chi connectivity index (χ3n) is 13.3. The van der Waals surface area contributed by atoms with E-state index in [1.165, 1.54) is 18.3 Å². The van der Waals surface area contributed by atoms with Crippen molar-refractivity contribution in [1.29, 1.82) is 0 Å². The van der Waals surface area contributed by atoms with E-state index in [-0.39, 0.29) is 46.7 Å². The second-order valence-electron chi connectivity index (χ2n) is 19.6. The van der Waals surface area contributed by atoms with Gasteiger partial charge in [-0.3, -0.25) is 10.2 Å². The lowest BCUT2D eigenvalue weighted by Crippen LogP contribution is -2.39. The van der Waals surface area contributed by atoms with Crippen molar-refractivity contribution in [3.05, 3.63) is 82.3 Å². The van der Waals surface area contributed by atoms with E-state index in [0.717, 1.165) is 87.7 Å². The second-order valence-corrected chi connectivity index (χ2v) is 25.3. The number of carbonyl (C=O) groups is 2. The van der Waals surface area contributed by atoms with Crippen LogP contribution in [0.15, 0.2) is 70.7 Å². The van der Waals surface area contributed by atoms with Gasteiger partial charge >= 0.3 is 17.7 Å². The molecule has 3 aliphatic carbocycles. The molecule has 3 aliphatic rings. The third kappa shape index (κ3) is 13.0. The SMILES string of the molecule is Cc1cc(Nc2ccc(-c3cnc(C4CCC(NC(=O)OC(C)CCc5cc(Nc6ccc(-c7cnc([C@H]8CC[C@H](NC(=O)OC(C)C)CC8)s7)c([S+]([O-])C7CC7)c6)n[nH]5)CC4)s3)c(S(=O)(=O)C(F)(F)F)c2)n[nH]1. The Morgan fingerprint density at radius 3 is 1.85 bits per heavy atom. The Labute approximate surface area is 438 Å². The molecular formula is C50H59F3N10O7S4. The number of amides is 2. The average molecular weight is 1100 g/mol. The molecule has 2 unspecified atom stereocenters. The molecule has 6 aromatic rings. The minimum Gasteiger partial charge on any atom is -0.611 e. The maximum Gasteiger partial charge on any atom is 0.501 e. The number of alkyl carbamates (subject to hydrolysis) is 2. The van der Waals surface area contributed by atoms with Gasteiger partial charge in [0, 0.05) is 101 Å². The summed E-state index contributed by atoms with van der Waals surface area (Å²) in [7, 11) is -5.72. The van der Waals surface area contributed by atoms with Crippen molar-refractivity contribution in [2.75, 3.05) is 10.6 Å². The summed E-state index contributed by atoms with van der Waals surface area (Å²) in [5, 5.41) is 28.3. The summed E-state index contributed by atoms with van der Waals surface area (Å²) >= 11 is 1.61. The minimum atomic E-state index is -5.72. The fourth-order valence-electron chi connectivity index (χ4n) is 9.30. The number of rotatable bonds is 18. The first-order valence-corrected chi connectivity index (χ1v) is 29.1. The van der Waals surface area contributed by atoms with Crippen LogP contribution in [0.2, 0.25) is 0 Å². The van der Waals surface area contributed by atoms with E-state index < -0.39 is 43.6 Å². The molecule has 3 fully saturated rings. The molecule has 24 heteroatoms. The minimum absolute atomic E-state index is 0.0243. The van der Waals surface area contributed by atoms with Gasteiger partial charge in [-0.2, -0.15) is 23.4 Å². The molecule has 4 heterocycles. The fraction of sp³-hybridized carbons (Fsp3) is 0.480.